The van der Waals surface area contributed by atoms with Crippen molar-refractivity contribution in [2.75, 3.05) is 6.61 Å². The van der Waals surface area contributed by atoms with Gasteiger partial charge in [-0.3, -0.25) is 9.59 Å². The van der Waals surface area contributed by atoms with Crippen molar-refractivity contribution in [3.63, 3.8) is 0 Å². The normalized spacial score (nSPS) is 18.2. The van der Waals surface area contributed by atoms with Gasteiger partial charge in [0.25, 0.3) is 0 Å². The van der Waals surface area contributed by atoms with E-state index in [1.165, 1.54) is 0 Å². The van der Waals surface area contributed by atoms with Crippen molar-refractivity contribution in [2.45, 2.75) is 18.9 Å². The fraction of sp³-hybridized carbons (Fsp3) is 0.308. The first-order chi connectivity index (χ1) is 8.66. The van der Waals surface area contributed by atoms with Gasteiger partial charge in [-0.25, -0.2) is 4.79 Å². The van der Waals surface area contributed by atoms with E-state index in [9.17, 15) is 14.4 Å². The molecule has 1 heterocycles. The van der Waals surface area contributed by atoms with E-state index in [4.69, 9.17) is 4.74 Å². The third-order valence-corrected chi connectivity index (χ3v) is 2.72. The molecule has 0 saturated carbocycles. The number of rotatable bonds is 4. The number of Topliss-reactive ketones (excluding diaryl/α,β-unsaturated/α-hetero) is 1. The molecule has 1 amide bonds. The number of carbonyl (C=O) groups is 3. The van der Waals surface area contributed by atoms with E-state index in [0.29, 0.717) is 18.4 Å². The van der Waals surface area contributed by atoms with Crippen molar-refractivity contribution in [3.05, 3.63) is 35.9 Å². The maximum Gasteiger partial charge on any atom is 0.329 e. The van der Waals surface area contributed by atoms with Crippen molar-refractivity contribution in [2.24, 2.45) is 0 Å². The summed E-state index contributed by atoms with van der Waals surface area (Å²) in [5, 5.41) is 2.49. The highest BCUT2D eigenvalue weighted by Gasteiger charge is 2.28. The molecule has 1 aliphatic rings. The molecule has 5 nitrogen and oxygen atoms in total. The van der Waals surface area contributed by atoms with Crippen molar-refractivity contribution >= 4 is 17.7 Å². The van der Waals surface area contributed by atoms with Crippen LogP contribution in [0, 0.1) is 0 Å². The summed E-state index contributed by atoms with van der Waals surface area (Å²) < 4.78 is 4.89. The van der Waals surface area contributed by atoms with E-state index in [1.807, 2.05) is 0 Å². The Balaban J connectivity index is 1.83. The number of carbonyl (C=O) groups excluding carboxylic acids is 3. The van der Waals surface area contributed by atoms with E-state index in [-0.39, 0.29) is 18.3 Å². The summed E-state index contributed by atoms with van der Waals surface area (Å²) in [6, 6.07) is 8.00. The molecule has 1 N–H and O–H groups in total. The van der Waals surface area contributed by atoms with Crippen molar-refractivity contribution < 1.29 is 19.1 Å². The average Bonchev–Trinajstić information content (AvgIpc) is 2.83. The van der Waals surface area contributed by atoms with Crippen LogP contribution in [0.5, 0.6) is 0 Å². The number of amides is 1. The molecule has 1 saturated heterocycles. The topological polar surface area (TPSA) is 72.5 Å². The maximum absolute atomic E-state index is 11.7. The molecule has 0 radical (unpaired) electrons. The second-order valence-electron chi connectivity index (χ2n) is 4.06. The summed E-state index contributed by atoms with van der Waals surface area (Å²) in [6.07, 6.45) is 0.754. The lowest BCUT2D eigenvalue weighted by atomic mass is 10.1. The molecular weight excluding hydrogens is 234 g/mol. The molecule has 94 valence electrons. The standard InChI is InChI=1S/C13H13NO4/c15-11(9-4-2-1-3-5-9)8-18-13(17)10-6-7-12(16)14-10/h1-5,10H,6-8H2,(H,14,16). The Morgan fingerprint density at radius 1 is 1.28 bits per heavy atom. The molecule has 1 fully saturated rings. The predicted octanol–water partition coefficient (Wildman–Crippen LogP) is 0.691. The van der Waals surface area contributed by atoms with Crippen LogP contribution < -0.4 is 5.32 Å². The predicted molar refractivity (Wildman–Crippen MR) is 62.9 cm³/mol. The van der Waals surface area contributed by atoms with Gasteiger partial charge in [-0.1, -0.05) is 30.3 Å². The second kappa shape index (κ2) is 5.44. The van der Waals surface area contributed by atoms with E-state index in [0.717, 1.165) is 0 Å². The molecule has 18 heavy (non-hydrogen) atoms. The monoisotopic (exact) mass is 247 g/mol. The van der Waals surface area contributed by atoms with Crippen LogP contribution in [-0.2, 0) is 14.3 Å². The number of hydrogen-bond donors (Lipinski definition) is 1. The van der Waals surface area contributed by atoms with Crippen molar-refractivity contribution in [3.8, 4) is 0 Å². The number of benzene rings is 1. The van der Waals surface area contributed by atoms with Crippen LogP contribution in [0.2, 0.25) is 0 Å². The zero-order chi connectivity index (χ0) is 13.0. The summed E-state index contributed by atoms with van der Waals surface area (Å²) >= 11 is 0. The molecule has 1 unspecified atom stereocenters. The fourth-order valence-electron chi connectivity index (χ4n) is 1.74. The van der Waals surface area contributed by atoms with Gasteiger partial charge in [-0.05, 0) is 6.42 Å². The summed E-state index contributed by atoms with van der Waals surface area (Å²) in [5.41, 5.74) is 0.501. The van der Waals surface area contributed by atoms with E-state index < -0.39 is 12.0 Å². The molecule has 0 aliphatic carbocycles. The summed E-state index contributed by atoms with van der Waals surface area (Å²) in [7, 11) is 0. The quantitative estimate of drug-likeness (QED) is 0.627. The van der Waals surface area contributed by atoms with E-state index in [2.05, 4.69) is 5.32 Å². The van der Waals surface area contributed by atoms with Gasteiger partial charge in [0.15, 0.2) is 12.4 Å². The van der Waals surface area contributed by atoms with Crippen LogP contribution in [0.4, 0.5) is 0 Å². The minimum Gasteiger partial charge on any atom is -0.456 e. The molecule has 0 spiro atoms. The molecule has 0 aromatic heterocycles. The number of hydrogen-bond acceptors (Lipinski definition) is 4. The average molecular weight is 247 g/mol. The van der Waals surface area contributed by atoms with Crippen LogP contribution in [-0.4, -0.2) is 30.3 Å². The molecule has 5 heteroatoms. The first-order valence-corrected chi connectivity index (χ1v) is 5.71. The fourth-order valence-corrected chi connectivity index (χ4v) is 1.74. The zero-order valence-electron chi connectivity index (χ0n) is 9.72. The Morgan fingerprint density at radius 3 is 2.61 bits per heavy atom. The Hall–Kier alpha value is -2.17. The largest absolute Gasteiger partial charge is 0.456 e. The van der Waals surface area contributed by atoms with Crippen LogP contribution >= 0.6 is 0 Å². The molecule has 1 atom stereocenters. The highest BCUT2D eigenvalue weighted by atomic mass is 16.5. The van der Waals surface area contributed by atoms with Crippen molar-refractivity contribution in [1.29, 1.82) is 0 Å². The van der Waals surface area contributed by atoms with Gasteiger partial charge in [-0.15, -0.1) is 0 Å². The third kappa shape index (κ3) is 2.94. The first-order valence-electron chi connectivity index (χ1n) is 5.71. The summed E-state index contributed by atoms with van der Waals surface area (Å²) in [6.45, 7) is -0.296. The van der Waals surface area contributed by atoms with Gasteiger partial charge in [0.05, 0.1) is 0 Å². The molecule has 1 aromatic carbocycles. The van der Waals surface area contributed by atoms with Crippen LogP contribution in [0.3, 0.4) is 0 Å². The highest BCUT2D eigenvalue weighted by Crippen LogP contribution is 2.08. The molecule has 2 rings (SSSR count). The molecule has 1 aliphatic heterocycles. The maximum atomic E-state index is 11.7. The SMILES string of the molecule is O=C1CCC(C(=O)OCC(=O)c2ccccc2)N1. The highest BCUT2D eigenvalue weighted by molar-refractivity contribution is 5.98. The Morgan fingerprint density at radius 2 is 2.00 bits per heavy atom. The molecular formula is C13H13NO4. The summed E-state index contributed by atoms with van der Waals surface area (Å²) in [5.74, 6) is -0.968. The van der Waals surface area contributed by atoms with E-state index in [1.54, 1.807) is 30.3 Å². The zero-order valence-corrected chi connectivity index (χ0v) is 9.72. The lowest BCUT2D eigenvalue weighted by Gasteiger charge is -2.09. The van der Waals surface area contributed by atoms with Gasteiger partial charge in [0, 0.05) is 12.0 Å². The number of ketones is 1. The van der Waals surface area contributed by atoms with Crippen LogP contribution in [0.1, 0.15) is 23.2 Å². The number of nitrogens with one attached hydrogen (secondary N) is 1. The Labute approximate surface area is 104 Å². The van der Waals surface area contributed by atoms with Crippen LogP contribution in [0.25, 0.3) is 0 Å². The third-order valence-electron chi connectivity index (χ3n) is 2.72. The van der Waals surface area contributed by atoms with Gasteiger partial charge in [0.1, 0.15) is 6.04 Å². The molecule has 0 bridgehead atoms. The molecule has 1 aromatic rings. The van der Waals surface area contributed by atoms with Gasteiger partial charge < -0.3 is 10.1 Å². The van der Waals surface area contributed by atoms with Gasteiger partial charge >= 0.3 is 5.97 Å². The Kier molecular flexibility index (Phi) is 3.72. The smallest absolute Gasteiger partial charge is 0.329 e. The van der Waals surface area contributed by atoms with E-state index >= 15 is 0 Å². The lowest BCUT2D eigenvalue weighted by Crippen LogP contribution is -2.35. The summed E-state index contributed by atoms with van der Waals surface area (Å²) in [4.78, 5) is 34.1. The first kappa shape index (κ1) is 12.3. The second-order valence-corrected chi connectivity index (χ2v) is 4.06. The minimum absolute atomic E-state index is 0.161. The number of ether oxygens (including phenoxy) is 1. The number of esters is 1. The minimum atomic E-state index is -0.610. The van der Waals surface area contributed by atoms with Gasteiger partial charge in [0.2, 0.25) is 5.91 Å². The lowest BCUT2D eigenvalue weighted by molar-refractivity contribution is -0.145. The Bertz CT molecular complexity index is 469. The van der Waals surface area contributed by atoms with Gasteiger partial charge in [-0.2, -0.15) is 0 Å². The van der Waals surface area contributed by atoms with Crippen molar-refractivity contribution in [1.82, 2.24) is 5.32 Å². The van der Waals surface area contributed by atoms with Crippen LogP contribution in [0.15, 0.2) is 30.3 Å².